The number of nitrogens with one attached hydrogen (secondary N) is 1. The molecule has 0 radical (unpaired) electrons. The lowest BCUT2D eigenvalue weighted by molar-refractivity contribution is 0.774. The molecular weight excluding hydrogens is 204 g/mol. The topological polar surface area (TPSA) is 20.7 Å². The number of aryl methyl sites for hydroxylation is 1. The smallest absolute Gasteiger partial charge is 0.178 e. The standard InChI is InChI=1S/C9H9ClN2S/c1-2-12-8-6(10)4-3-5-7(8)11-9(12)13/h3-5H,2H2,1H3,(H,11,13). The van der Waals surface area contributed by atoms with E-state index in [4.69, 9.17) is 23.8 Å². The van der Waals surface area contributed by atoms with Crippen LogP contribution in [0.15, 0.2) is 18.2 Å². The first kappa shape index (κ1) is 8.78. The molecule has 13 heavy (non-hydrogen) atoms. The number of halogens is 1. The van der Waals surface area contributed by atoms with Crippen molar-refractivity contribution in [3.05, 3.63) is 28.0 Å². The average Bonchev–Trinajstić information content (AvgIpc) is 2.42. The molecule has 68 valence electrons. The van der Waals surface area contributed by atoms with Gasteiger partial charge in [-0.05, 0) is 31.3 Å². The van der Waals surface area contributed by atoms with E-state index in [9.17, 15) is 0 Å². The Morgan fingerprint density at radius 3 is 3.00 bits per heavy atom. The van der Waals surface area contributed by atoms with Gasteiger partial charge in [-0.1, -0.05) is 17.7 Å². The molecule has 2 rings (SSSR count). The van der Waals surface area contributed by atoms with Crippen molar-refractivity contribution in [1.29, 1.82) is 0 Å². The molecule has 0 aliphatic heterocycles. The van der Waals surface area contributed by atoms with E-state index in [1.54, 1.807) is 0 Å². The van der Waals surface area contributed by atoms with Crippen molar-refractivity contribution >= 4 is 34.9 Å². The van der Waals surface area contributed by atoms with Gasteiger partial charge in [-0.3, -0.25) is 0 Å². The van der Waals surface area contributed by atoms with Crippen LogP contribution in [0, 0.1) is 4.77 Å². The van der Waals surface area contributed by atoms with Gasteiger partial charge < -0.3 is 9.55 Å². The lowest BCUT2D eigenvalue weighted by Gasteiger charge is -2.00. The molecule has 0 fully saturated rings. The Labute approximate surface area is 86.1 Å². The molecule has 1 N–H and O–H groups in total. The van der Waals surface area contributed by atoms with Crippen LogP contribution in [0.1, 0.15) is 6.92 Å². The highest BCUT2D eigenvalue weighted by molar-refractivity contribution is 7.71. The van der Waals surface area contributed by atoms with Gasteiger partial charge in [-0.15, -0.1) is 0 Å². The largest absolute Gasteiger partial charge is 0.331 e. The van der Waals surface area contributed by atoms with E-state index in [0.29, 0.717) is 0 Å². The van der Waals surface area contributed by atoms with Gasteiger partial charge in [0.05, 0.1) is 16.1 Å². The second kappa shape index (κ2) is 3.16. The summed E-state index contributed by atoms with van der Waals surface area (Å²) in [5.41, 5.74) is 2.00. The van der Waals surface area contributed by atoms with Gasteiger partial charge in [0, 0.05) is 6.54 Å². The maximum atomic E-state index is 6.07. The molecule has 0 aliphatic rings. The van der Waals surface area contributed by atoms with Crippen molar-refractivity contribution in [3.63, 3.8) is 0 Å². The van der Waals surface area contributed by atoms with Gasteiger partial charge in [0.15, 0.2) is 4.77 Å². The van der Waals surface area contributed by atoms with Crippen molar-refractivity contribution in [2.45, 2.75) is 13.5 Å². The fourth-order valence-electron chi connectivity index (χ4n) is 1.48. The molecule has 2 nitrogen and oxygen atoms in total. The molecule has 4 heteroatoms. The summed E-state index contributed by atoms with van der Waals surface area (Å²) in [5, 5.41) is 0.742. The Kier molecular flexibility index (Phi) is 2.14. The fourth-order valence-corrected chi connectivity index (χ4v) is 2.08. The Balaban J connectivity index is 2.96. The number of hydrogen-bond acceptors (Lipinski definition) is 1. The van der Waals surface area contributed by atoms with E-state index < -0.39 is 0 Å². The monoisotopic (exact) mass is 212 g/mol. The van der Waals surface area contributed by atoms with Crippen LogP contribution >= 0.6 is 23.8 Å². The summed E-state index contributed by atoms with van der Waals surface area (Å²) >= 11 is 11.2. The Hall–Kier alpha value is -0.800. The average molecular weight is 213 g/mol. The van der Waals surface area contributed by atoms with Gasteiger partial charge in [-0.2, -0.15) is 0 Å². The number of nitrogens with zero attached hydrogens (tertiary/aromatic N) is 1. The third-order valence-corrected chi connectivity index (χ3v) is 2.69. The second-order valence-corrected chi connectivity index (χ2v) is 3.60. The van der Waals surface area contributed by atoms with Gasteiger partial charge in [0.25, 0.3) is 0 Å². The summed E-state index contributed by atoms with van der Waals surface area (Å²) in [4.78, 5) is 3.11. The Bertz CT molecular complexity index is 498. The summed E-state index contributed by atoms with van der Waals surface area (Å²) in [6.45, 7) is 2.88. The highest BCUT2D eigenvalue weighted by Crippen LogP contribution is 2.22. The predicted molar refractivity (Wildman–Crippen MR) is 57.8 cm³/mol. The molecule has 0 saturated heterocycles. The highest BCUT2D eigenvalue weighted by atomic mass is 35.5. The van der Waals surface area contributed by atoms with Crippen molar-refractivity contribution in [2.75, 3.05) is 0 Å². The number of aromatic nitrogens is 2. The number of benzene rings is 1. The minimum absolute atomic E-state index is 0.727. The van der Waals surface area contributed by atoms with E-state index in [2.05, 4.69) is 4.98 Å². The van der Waals surface area contributed by atoms with Crippen LogP contribution in [0.5, 0.6) is 0 Å². The first-order valence-corrected chi connectivity index (χ1v) is 4.89. The normalized spacial score (nSPS) is 10.9. The van der Waals surface area contributed by atoms with Gasteiger partial charge in [-0.25, -0.2) is 0 Å². The number of fused-ring (bicyclic) bond motifs is 1. The Morgan fingerprint density at radius 2 is 2.31 bits per heavy atom. The van der Waals surface area contributed by atoms with Crippen LogP contribution in [0.25, 0.3) is 11.0 Å². The van der Waals surface area contributed by atoms with Gasteiger partial charge in [0.2, 0.25) is 0 Å². The summed E-state index contributed by atoms with van der Waals surface area (Å²) in [6.07, 6.45) is 0. The van der Waals surface area contributed by atoms with Gasteiger partial charge >= 0.3 is 0 Å². The zero-order chi connectivity index (χ0) is 9.42. The third kappa shape index (κ3) is 1.28. The SMILES string of the molecule is CCn1c(=S)[nH]c2cccc(Cl)c21. The van der Waals surface area contributed by atoms with Crippen molar-refractivity contribution in [3.8, 4) is 0 Å². The minimum Gasteiger partial charge on any atom is -0.331 e. The zero-order valence-electron chi connectivity index (χ0n) is 7.17. The van der Waals surface area contributed by atoms with Crippen LogP contribution in [-0.2, 0) is 6.54 Å². The molecule has 0 unspecified atom stereocenters. The molecule has 0 atom stereocenters. The van der Waals surface area contributed by atoms with Crippen LogP contribution in [-0.4, -0.2) is 9.55 Å². The maximum Gasteiger partial charge on any atom is 0.178 e. The lowest BCUT2D eigenvalue weighted by Crippen LogP contribution is -1.93. The van der Waals surface area contributed by atoms with Gasteiger partial charge in [0.1, 0.15) is 0 Å². The van der Waals surface area contributed by atoms with Crippen molar-refractivity contribution in [2.24, 2.45) is 0 Å². The lowest BCUT2D eigenvalue weighted by atomic mass is 10.3. The summed E-state index contributed by atoms with van der Waals surface area (Å²) in [6, 6.07) is 5.76. The first-order valence-electron chi connectivity index (χ1n) is 4.11. The summed E-state index contributed by atoms with van der Waals surface area (Å²) in [7, 11) is 0. The molecule has 1 aromatic carbocycles. The van der Waals surface area contributed by atoms with Crippen LogP contribution in [0.3, 0.4) is 0 Å². The number of aromatic amines is 1. The maximum absolute atomic E-state index is 6.07. The number of para-hydroxylation sites is 1. The second-order valence-electron chi connectivity index (χ2n) is 2.81. The summed E-state index contributed by atoms with van der Waals surface area (Å²) in [5.74, 6) is 0. The molecule has 0 amide bonds. The number of rotatable bonds is 1. The molecule has 0 bridgehead atoms. The van der Waals surface area contributed by atoms with Crippen LogP contribution < -0.4 is 0 Å². The van der Waals surface area contributed by atoms with Crippen molar-refractivity contribution < 1.29 is 0 Å². The number of hydrogen-bond donors (Lipinski definition) is 1. The first-order chi connectivity index (χ1) is 6.24. The number of H-pyrrole nitrogens is 1. The molecule has 0 spiro atoms. The quantitative estimate of drug-likeness (QED) is 0.719. The molecule has 0 aliphatic carbocycles. The Morgan fingerprint density at radius 1 is 1.54 bits per heavy atom. The molecule has 1 heterocycles. The third-order valence-electron chi connectivity index (χ3n) is 2.06. The van der Waals surface area contributed by atoms with E-state index in [0.717, 1.165) is 27.4 Å². The predicted octanol–water partition coefficient (Wildman–Crippen LogP) is 3.37. The van der Waals surface area contributed by atoms with E-state index in [1.165, 1.54) is 0 Å². The van der Waals surface area contributed by atoms with Crippen LogP contribution in [0.4, 0.5) is 0 Å². The van der Waals surface area contributed by atoms with Crippen molar-refractivity contribution in [1.82, 2.24) is 9.55 Å². The molecule has 2 aromatic rings. The van der Waals surface area contributed by atoms with E-state index in [1.807, 2.05) is 29.7 Å². The summed E-state index contributed by atoms with van der Waals surface area (Å²) < 4.78 is 2.72. The molecule has 1 aromatic heterocycles. The molecule has 0 saturated carbocycles. The van der Waals surface area contributed by atoms with E-state index >= 15 is 0 Å². The minimum atomic E-state index is 0.727. The van der Waals surface area contributed by atoms with Crippen LogP contribution in [0.2, 0.25) is 5.02 Å². The van der Waals surface area contributed by atoms with E-state index in [-0.39, 0.29) is 0 Å². The number of imidazole rings is 1. The molecular formula is C9H9ClN2S. The fraction of sp³-hybridized carbons (Fsp3) is 0.222. The highest BCUT2D eigenvalue weighted by Gasteiger charge is 2.05. The zero-order valence-corrected chi connectivity index (χ0v) is 8.75.